The molecule has 1 aromatic carbocycles. The number of para-hydroxylation sites is 1. The summed E-state index contributed by atoms with van der Waals surface area (Å²) < 4.78 is 0. The summed E-state index contributed by atoms with van der Waals surface area (Å²) in [6, 6.07) is 8.43. The number of urea groups is 1. The number of thiophene rings is 1. The molecule has 162 valence electrons. The molecule has 3 heterocycles. The molecule has 0 aliphatic carbocycles. The van der Waals surface area contributed by atoms with Crippen molar-refractivity contribution in [2.24, 2.45) is 0 Å². The molecule has 0 saturated carbocycles. The van der Waals surface area contributed by atoms with E-state index in [1.807, 2.05) is 25.1 Å². The number of carbonyl (C=O) groups is 2. The number of imide groups is 1. The number of hydrogen-bond donors (Lipinski definition) is 4. The Bertz CT molecular complexity index is 1100. The number of thioether (sulfide) groups is 1. The van der Waals surface area contributed by atoms with Crippen molar-refractivity contribution >= 4 is 56.8 Å². The summed E-state index contributed by atoms with van der Waals surface area (Å²) in [4.78, 5) is 37.4. The van der Waals surface area contributed by atoms with Gasteiger partial charge in [0.25, 0.3) is 0 Å². The van der Waals surface area contributed by atoms with Gasteiger partial charge < -0.3 is 15.5 Å². The van der Waals surface area contributed by atoms with E-state index in [-0.39, 0.29) is 5.75 Å². The zero-order valence-electron chi connectivity index (χ0n) is 17.4. The summed E-state index contributed by atoms with van der Waals surface area (Å²) in [7, 11) is 2.21. The minimum absolute atomic E-state index is 0.0528. The van der Waals surface area contributed by atoms with Gasteiger partial charge in [-0.25, -0.2) is 14.8 Å². The Morgan fingerprint density at radius 1 is 1.23 bits per heavy atom. The van der Waals surface area contributed by atoms with Crippen LogP contribution in [0.5, 0.6) is 0 Å². The van der Waals surface area contributed by atoms with E-state index < -0.39 is 11.9 Å². The van der Waals surface area contributed by atoms with Crippen molar-refractivity contribution in [3.05, 3.63) is 40.8 Å². The van der Waals surface area contributed by atoms with E-state index in [1.54, 1.807) is 23.5 Å². The maximum atomic E-state index is 12.2. The molecule has 0 bridgehead atoms. The van der Waals surface area contributed by atoms with E-state index in [2.05, 4.69) is 28.0 Å². The van der Waals surface area contributed by atoms with Crippen LogP contribution in [0.4, 0.5) is 16.3 Å². The first-order chi connectivity index (χ1) is 15.0. The summed E-state index contributed by atoms with van der Waals surface area (Å²) in [5, 5.41) is 9.97. The van der Waals surface area contributed by atoms with Gasteiger partial charge in [-0.1, -0.05) is 30.0 Å². The third kappa shape index (κ3) is 5.15. The molecule has 0 radical (unpaired) electrons. The zero-order chi connectivity index (χ0) is 21.8. The second-order valence-electron chi connectivity index (χ2n) is 7.36. The minimum Gasteiger partial charge on any atom is -0.370 e. The molecule has 2 aromatic heterocycles. The van der Waals surface area contributed by atoms with Crippen molar-refractivity contribution in [1.82, 2.24) is 15.3 Å². The average molecular weight is 458 g/mol. The third-order valence-electron chi connectivity index (χ3n) is 4.94. The van der Waals surface area contributed by atoms with Crippen molar-refractivity contribution in [3.8, 4) is 0 Å². The largest absolute Gasteiger partial charge is 0.370 e. The lowest BCUT2D eigenvalue weighted by Gasteiger charge is -2.19. The zero-order valence-corrected chi connectivity index (χ0v) is 19.1. The highest BCUT2D eigenvalue weighted by molar-refractivity contribution is 7.99. The molecule has 10 heteroatoms. The smallest absolute Gasteiger partial charge is 0.325 e. The van der Waals surface area contributed by atoms with Crippen LogP contribution in [0.1, 0.15) is 17.4 Å². The molecule has 0 fully saturated rings. The Morgan fingerprint density at radius 3 is 2.81 bits per heavy atom. The summed E-state index contributed by atoms with van der Waals surface area (Å²) in [5.41, 5.74) is 1.98. The SMILES string of the molecule is CCNc1nc(SCC(=O)NC(=O)Nc2ccccc2)nc2sc3c(c12)CC[NH+](C)C3. The van der Waals surface area contributed by atoms with Crippen molar-refractivity contribution in [3.63, 3.8) is 0 Å². The van der Waals surface area contributed by atoms with Crippen molar-refractivity contribution in [2.75, 3.05) is 36.5 Å². The first-order valence-corrected chi connectivity index (χ1v) is 12.0. The van der Waals surface area contributed by atoms with Crippen LogP contribution in [0.3, 0.4) is 0 Å². The molecule has 0 spiro atoms. The first kappa shape index (κ1) is 21.5. The second-order valence-corrected chi connectivity index (χ2v) is 9.39. The van der Waals surface area contributed by atoms with Crippen LogP contribution in [-0.4, -0.2) is 47.8 Å². The standard InChI is InChI=1S/C21H24N6O2S2/c1-3-22-18-17-14-9-10-27(2)11-15(14)31-19(17)26-21(25-18)30-12-16(28)24-20(29)23-13-7-5-4-6-8-13/h4-8H,3,9-12H2,1-2H3,(H,22,25,26)(H2,23,24,28,29)/p+1. The van der Waals surface area contributed by atoms with Gasteiger partial charge in [-0.15, -0.1) is 11.3 Å². The van der Waals surface area contributed by atoms with Gasteiger partial charge in [0, 0.05) is 18.7 Å². The van der Waals surface area contributed by atoms with Crippen LogP contribution in [0.25, 0.3) is 10.2 Å². The molecule has 1 aliphatic rings. The van der Waals surface area contributed by atoms with Gasteiger partial charge >= 0.3 is 6.03 Å². The van der Waals surface area contributed by atoms with Crippen LogP contribution in [0.2, 0.25) is 0 Å². The summed E-state index contributed by atoms with van der Waals surface area (Å²) in [5.74, 6) is 0.481. The highest BCUT2D eigenvalue weighted by atomic mass is 32.2. The highest BCUT2D eigenvalue weighted by Crippen LogP contribution is 2.36. The number of anilines is 2. The number of likely N-dealkylation sites (N-methyl/N-ethyl adjacent to an activating group) is 1. The molecule has 1 aliphatic heterocycles. The van der Waals surface area contributed by atoms with Gasteiger partial charge in [0.2, 0.25) is 5.91 Å². The average Bonchev–Trinajstić information content (AvgIpc) is 3.10. The van der Waals surface area contributed by atoms with Crippen LogP contribution in [0.15, 0.2) is 35.5 Å². The van der Waals surface area contributed by atoms with E-state index >= 15 is 0 Å². The van der Waals surface area contributed by atoms with Gasteiger partial charge in [-0.3, -0.25) is 10.1 Å². The Kier molecular flexibility index (Phi) is 6.69. The predicted octanol–water partition coefficient (Wildman–Crippen LogP) is 2.13. The Morgan fingerprint density at radius 2 is 2.03 bits per heavy atom. The highest BCUT2D eigenvalue weighted by Gasteiger charge is 2.25. The molecule has 4 rings (SSSR count). The molecule has 1 atom stereocenters. The van der Waals surface area contributed by atoms with Gasteiger partial charge in [0.15, 0.2) is 5.16 Å². The minimum atomic E-state index is -0.556. The van der Waals surface area contributed by atoms with Gasteiger partial charge in [-0.05, 0) is 24.6 Å². The summed E-state index contributed by atoms with van der Waals surface area (Å²) in [6.45, 7) is 4.90. The second kappa shape index (κ2) is 9.63. The number of carbonyl (C=O) groups excluding carboxylic acids is 2. The number of nitrogens with one attached hydrogen (secondary N) is 4. The number of nitrogens with zero attached hydrogens (tertiary/aromatic N) is 2. The Hall–Kier alpha value is -2.69. The number of benzene rings is 1. The maximum absolute atomic E-state index is 12.2. The lowest BCUT2D eigenvalue weighted by molar-refractivity contribution is -0.895. The van der Waals surface area contributed by atoms with Crippen molar-refractivity contribution < 1.29 is 14.5 Å². The molecule has 4 N–H and O–H groups in total. The fourth-order valence-electron chi connectivity index (χ4n) is 3.53. The fraction of sp³-hybridized carbons (Fsp3) is 0.333. The number of quaternary nitrogens is 1. The van der Waals surface area contributed by atoms with Crippen molar-refractivity contribution in [1.29, 1.82) is 0 Å². The molecule has 3 amide bonds. The lowest BCUT2D eigenvalue weighted by atomic mass is 10.1. The van der Waals surface area contributed by atoms with E-state index in [4.69, 9.17) is 4.98 Å². The van der Waals surface area contributed by atoms with E-state index in [9.17, 15) is 9.59 Å². The first-order valence-electron chi connectivity index (χ1n) is 10.2. The van der Waals surface area contributed by atoms with Crippen LogP contribution >= 0.6 is 23.1 Å². The molecular formula is C21H25N6O2S2+. The van der Waals surface area contributed by atoms with E-state index in [1.165, 1.54) is 27.1 Å². The monoisotopic (exact) mass is 457 g/mol. The molecule has 0 saturated heterocycles. The number of hydrogen-bond acceptors (Lipinski definition) is 7. The van der Waals surface area contributed by atoms with Gasteiger partial charge in [0.1, 0.15) is 17.2 Å². The Balaban J connectivity index is 1.44. The topological polar surface area (TPSA) is 100 Å². The molecule has 31 heavy (non-hydrogen) atoms. The maximum Gasteiger partial charge on any atom is 0.325 e. The van der Waals surface area contributed by atoms with Crippen LogP contribution < -0.4 is 20.9 Å². The summed E-state index contributed by atoms with van der Waals surface area (Å²) in [6.07, 6.45) is 1.02. The predicted molar refractivity (Wildman–Crippen MR) is 125 cm³/mol. The molecule has 3 aromatic rings. The molecule has 8 nitrogen and oxygen atoms in total. The molecular weight excluding hydrogens is 432 g/mol. The number of amides is 3. The quantitative estimate of drug-likeness (QED) is 0.334. The summed E-state index contributed by atoms with van der Waals surface area (Å²) >= 11 is 2.94. The number of rotatable bonds is 6. The van der Waals surface area contributed by atoms with Gasteiger partial charge in [-0.2, -0.15) is 0 Å². The van der Waals surface area contributed by atoms with Crippen LogP contribution in [-0.2, 0) is 17.8 Å². The number of aromatic nitrogens is 2. The molecule has 1 unspecified atom stereocenters. The Labute approximate surface area is 188 Å². The van der Waals surface area contributed by atoms with Gasteiger partial charge in [0.05, 0.1) is 29.6 Å². The fourth-order valence-corrected chi connectivity index (χ4v) is 5.56. The van der Waals surface area contributed by atoms with E-state index in [0.717, 1.165) is 42.1 Å². The van der Waals surface area contributed by atoms with E-state index in [0.29, 0.717) is 10.8 Å². The van der Waals surface area contributed by atoms with Crippen LogP contribution in [0, 0.1) is 0 Å². The van der Waals surface area contributed by atoms with Crippen molar-refractivity contribution in [2.45, 2.75) is 25.0 Å². The third-order valence-corrected chi connectivity index (χ3v) is 6.91. The number of fused-ring (bicyclic) bond motifs is 3. The normalized spacial score (nSPS) is 15.4. The lowest BCUT2D eigenvalue weighted by Crippen LogP contribution is -3.08.